The van der Waals surface area contributed by atoms with Crippen LogP contribution in [0.3, 0.4) is 0 Å². The number of hydrogen-bond acceptors (Lipinski definition) is 3. The van der Waals surface area contributed by atoms with Crippen molar-refractivity contribution in [3.05, 3.63) is 30.1 Å². The highest BCUT2D eigenvalue weighted by molar-refractivity contribution is 5.07. The Morgan fingerprint density at radius 3 is 2.76 bits per heavy atom. The zero-order valence-electron chi connectivity index (χ0n) is 10.5. The van der Waals surface area contributed by atoms with Crippen LogP contribution in [0.1, 0.15) is 50.8 Å². The van der Waals surface area contributed by atoms with Crippen LogP contribution in [0.15, 0.2) is 24.4 Å². The van der Waals surface area contributed by atoms with E-state index in [1.165, 1.54) is 6.42 Å². The maximum absolute atomic E-state index is 10.4. The van der Waals surface area contributed by atoms with Crippen LogP contribution in [0.5, 0.6) is 0 Å². The molecule has 0 bridgehead atoms. The lowest BCUT2D eigenvalue weighted by molar-refractivity contribution is 0.00291. The van der Waals surface area contributed by atoms with Gasteiger partial charge in [0.2, 0.25) is 0 Å². The fourth-order valence-electron chi connectivity index (χ4n) is 2.47. The van der Waals surface area contributed by atoms with Crippen LogP contribution in [0.4, 0.5) is 0 Å². The van der Waals surface area contributed by atoms with Gasteiger partial charge in [-0.2, -0.15) is 0 Å². The highest BCUT2D eigenvalue weighted by atomic mass is 16.3. The lowest BCUT2D eigenvalue weighted by Gasteiger charge is -2.33. The first-order chi connectivity index (χ1) is 8.20. The van der Waals surface area contributed by atoms with E-state index in [9.17, 15) is 5.11 Å². The van der Waals surface area contributed by atoms with Crippen molar-refractivity contribution in [1.29, 1.82) is 0 Å². The number of rotatable bonds is 4. The van der Waals surface area contributed by atoms with Crippen molar-refractivity contribution in [2.24, 2.45) is 0 Å². The normalized spacial score (nSPS) is 21.1. The summed E-state index contributed by atoms with van der Waals surface area (Å²) in [5.41, 5.74) is 0.535. The van der Waals surface area contributed by atoms with Gasteiger partial charge < -0.3 is 10.4 Å². The van der Waals surface area contributed by atoms with E-state index in [0.29, 0.717) is 6.54 Å². The second-order valence-electron chi connectivity index (χ2n) is 5.14. The molecule has 1 heterocycles. The Hall–Kier alpha value is -0.930. The van der Waals surface area contributed by atoms with Crippen molar-refractivity contribution >= 4 is 0 Å². The minimum atomic E-state index is -0.499. The van der Waals surface area contributed by atoms with Crippen molar-refractivity contribution in [3.8, 4) is 0 Å². The smallest absolute Gasteiger partial charge is 0.0771 e. The predicted octanol–water partition coefficient (Wildman–Crippen LogP) is 2.43. The average Bonchev–Trinajstić information content (AvgIpc) is 2.38. The van der Waals surface area contributed by atoms with Gasteiger partial charge in [-0.05, 0) is 31.9 Å². The van der Waals surface area contributed by atoms with Crippen LogP contribution >= 0.6 is 0 Å². The topological polar surface area (TPSA) is 45.1 Å². The molecule has 1 aromatic heterocycles. The van der Waals surface area contributed by atoms with Crippen LogP contribution < -0.4 is 5.32 Å². The van der Waals surface area contributed by atoms with Crippen molar-refractivity contribution in [1.82, 2.24) is 10.3 Å². The first kappa shape index (κ1) is 12.5. The molecular weight excluding hydrogens is 212 g/mol. The predicted molar refractivity (Wildman–Crippen MR) is 68.7 cm³/mol. The molecule has 1 aromatic rings. The molecule has 0 radical (unpaired) electrons. The van der Waals surface area contributed by atoms with Crippen LogP contribution in [0, 0.1) is 0 Å². The second kappa shape index (κ2) is 5.61. The summed E-state index contributed by atoms with van der Waals surface area (Å²) >= 11 is 0. The Bertz CT molecular complexity index is 333. The molecule has 3 nitrogen and oxygen atoms in total. The SMILES string of the molecule is C[C@H](NCC1(O)CCCCC1)c1ccccn1. The number of hydrogen-bond donors (Lipinski definition) is 2. The minimum Gasteiger partial charge on any atom is -0.389 e. The third kappa shape index (κ3) is 3.51. The van der Waals surface area contributed by atoms with Gasteiger partial charge in [-0.15, -0.1) is 0 Å². The summed E-state index contributed by atoms with van der Waals surface area (Å²) < 4.78 is 0. The molecular formula is C14H22N2O. The number of aliphatic hydroxyl groups is 1. The Morgan fingerprint density at radius 2 is 2.12 bits per heavy atom. The van der Waals surface area contributed by atoms with Crippen LogP contribution in [0.2, 0.25) is 0 Å². The molecule has 0 unspecified atom stereocenters. The number of nitrogens with one attached hydrogen (secondary N) is 1. The molecule has 2 rings (SSSR count). The van der Waals surface area contributed by atoms with E-state index in [1.54, 1.807) is 0 Å². The molecule has 1 saturated carbocycles. The Balaban J connectivity index is 1.85. The summed E-state index contributed by atoms with van der Waals surface area (Å²) in [5.74, 6) is 0. The van der Waals surface area contributed by atoms with E-state index in [-0.39, 0.29) is 6.04 Å². The lowest BCUT2D eigenvalue weighted by Crippen LogP contribution is -2.43. The standard InChI is InChI=1S/C14H22N2O/c1-12(13-7-3-6-10-15-13)16-11-14(17)8-4-2-5-9-14/h3,6-7,10,12,16-17H,2,4-5,8-9,11H2,1H3/t12-/m0/s1. The second-order valence-corrected chi connectivity index (χ2v) is 5.14. The Kier molecular flexibility index (Phi) is 4.13. The largest absolute Gasteiger partial charge is 0.389 e. The van der Waals surface area contributed by atoms with Crippen molar-refractivity contribution in [2.45, 2.75) is 50.7 Å². The van der Waals surface area contributed by atoms with Crippen molar-refractivity contribution < 1.29 is 5.11 Å². The summed E-state index contributed by atoms with van der Waals surface area (Å²) in [6.45, 7) is 2.76. The van der Waals surface area contributed by atoms with Gasteiger partial charge in [-0.1, -0.05) is 25.3 Å². The average molecular weight is 234 g/mol. The van der Waals surface area contributed by atoms with Gasteiger partial charge in [0.25, 0.3) is 0 Å². The molecule has 17 heavy (non-hydrogen) atoms. The van der Waals surface area contributed by atoms with E-state index >= 15 is 0 Å². The van der Waals surface area contributed by atoms with E-state index in [1.807, 2.05) is 24.4 Å². The monoisotopic (exact) mass is 234 g/mol. The summed E-state index contributed by atoms with van der Waals surface area (Å²) in [6, 6.07) is 6.13. The third-order valence-corrected chi connectivity index (χ3v) is 3.65. The summed E-state index contributed by atoms with van der Waals surface area (Å²) in [5, 5.41) is 13.8. The first-order valence-electron chi connectivity index (χ1n) is 6.56. The van der Waals surface area contributed by atoms with Crippen molar-refractivity contribution in [2.75, 3.05) is 6.54 Å². The molecule has 2 N–H and O–H groups in total. The quantitative estimate of drug-likeness (QED) is 0.841. The molecule has 1 fully saturated rings. The van der Waals surface area contributed by atoms with Gasteiger partial charge in [-0.3, -0.25) is 4.98 Å². The number of aromatic nitrogens is 1. The fourth-order valence-corrected chi connectivity index (χ4v) is 2.47. The maximum atomic E-state index is 10.4. The van der Waals surface area contributed by atoms with Crippen LogP contribution in [0.25, 0.3) is 0 Å². The van der Waals surface area contributed by atoms with Crippen molar-refractivity contribution in [3.63, 3.8) is 0 Å². The molecule has 94 valence electrons. The Morgan fingerprint density at radius 1 is 1.35 bits per heavy atom. The van der Waals surface area contributed by atoms with Gasteiger partial charge >= 0.3 is 0 Å². The van der Waals surface area contributed by atoms with Gasteiger partial charge in [0, 0.05) is 18.8 Å². The van der Waals surface area contributed by atoms with E-state index in [2.05, 4.69) is 17.2 Å². The molecule has 1 atom stereocenters. The molecule has 0 aliphatic heterocycles. The van der Waals surface area contributed by atoms with Gasteiger partial charge in [0.1, 0.15) is 0 Å². The number of pyridine rings is 1. The highest BCUT2D eigenvalue weighted by Gasteiger charge is 2.29. The molecule has 0 saturated heterocycles. The van der Waals surface area contributed by atoms with E-state index in [0.717, 1.165) is 31.4 Å². The fraction of sp³-hybridized carbons (Fsp3) is 0.643. The van der Waals surface area contributed by atoms with E-state index < -0.39 is 5.60 Å². The van der Waals surface area contributed by atoms with Gasteiger partial charge in [0.15, 0.2) is 0 Å². The molecule has 0 aromatic carbocycles. The van der Waals surface area contributed by atoms with Gasteiger partial charge in [-0.25, -0.2) is 0 Å². The van der Waals surface area contributed by atoms with E-state index in [4.69, 9.17) is 0 Å². The summed E-state index contributed by atoms with van der Waals surface area (Å²) in [7, 11) is 0. The summed E-state index contributed by atoms with van der Waals surface area (Å²) in [4.78, 5) is 4.32. The highest BCUT2D eigenvalue weighted by Crippen LogP contribution is 2.27. The Labute approximate surface area is 103 Å². The zero-order valence-corrected chi connectivity index (χ0v) is 10.5. The molecule has 1 aliphatic carbocycles. The maximum Gasteiger partial charge on any atom is 0.0771 e. The number of nitrogens with zero attached hydrogens (tertiary/aromatic N) is 1. The molecule has 0 amide bonds. The first-order valence-corrected chi connectivity index (χ1v) is 6.56. The summed E-state index contributed by atoms with van der Waals surface area (Å²) in [6.07, 6.45) is 7.22. The third-order valence-electron chi connectivity index (χ3n) is 3.65. The molecule has 0 spiro atoms. The van der Waals surface area contributed by atoms with Crippen LogP contribution in [-0.2, 0) is 0 Å². The van der Waals surface area contributed by atoms with Gasteiger partial charge in [0.05, 0.1) is 11.3 Å². The molecule has 1 aliphatic rings. The van der Waals surface area contributed by atoms with Crippen LogP contribution in [-0.4, -0.2) is 22.2 Å². The lowest BCUT2D eigenvalue weighted by atomic mass is 9.85. The zero-order chi connectivity index (χ0) is 12.1. The molecule has 3 heteroatoms. The minimum absolute atomic E-state index is 0.196.